The molecule has 3 aromatic rings. The number of nitrogens with zero attached hydrogens (tertiary/aromatic N) is 4. The predicted molar refractivity (Wildman–Crippen MR) is 79.2 cm³/mol. The Hall–Kier alpha value is -2.53. The van der Waals surface area contributed by atoms with Crippen molar-refractivity contribution >= 4 is 17.9 Å². The highest BCUT2D eigenvalue weighted by molar-refractivity contribution is 6.30. The van der Waals surface area contributed by atoms with Crippen LogP contribution < -0.4 is 0 Å². The number of hydrogen-bond donors (Lipinski definition) is 0. The lowest BCUT2D eigenvalue weighted by Gasteiger charge is -2.07. The Morgan fingerprint density at radius 3 is 2.48 bits per heavy atom. The van der Waals surface area contributed by atoms with E-state index < -0.39 is 0 Å². The van der Waals surface area contributed by atoms with Crippen molar-refractivity contribution in [1.82, 2.24) is 20.0 Å². The highest BCUT2D eigenvalue weighted by Gasteiger charge is 2.14. The first kappa shape index (κ1) is 13.5. The summed E-state index contributed by atoms with van der Waals surface area (Å²) in [6.07, 6.45) is 4.05. The molecule has 1 aromatic carbocycles. The molecular formula is C15H11ClN4O. The van der Waals surface area contributed by atoms with E-state index in [0.29, 0.717) is 29.2 Å². The number of rotatable bonds is 4. The van der Waals surface area contributed by atoms with Gasteiger partial charge in [0, 0.05) is 23.0 Å². The van der Waals surface area contributed by atoms with Crippen LogP contribution in [0.25, 0.3) is 11.3 Å². The van der Waals surface area contributed by atoms with Crippen LogP contribution in [-0.2, 0) is 6.54 Å². The molecule has 0 bridgehead atoms. The van der Waals surface area contributed by atoms with Gasteiger partial charge in [-0.05, 0) is 29.8 Å². The van der Waals surface area contributed by atoms with E-state index in [0.717, 1.165) is 11.1 Å². The maximum absolute atomic E-state index is 11.2. The summed E-state index contributed by atoms with van der Waals surface area (Å²) in [5.74, 6) is 0. The van der Waals surface area contributed by atoms with Crippen molar-refractivity contribution in [3.8, 4) is 11.3 Å². The van der Waals surface area contributed by atoms with Gasteiger partial charge in [0.1, 0.15) is 0 Å². The van der Waals surface area contributed by atoms with Crippen LogP contribution in [0, 0.1) is 0 Å². The first-order chi connectivity index (χ1) is 10.3. The number of carbonyl (C=O) groups excluding carboxylic acids is 1. The Morgan fingerprint density at radius 2 is 1.81 bits per heavy atom. The Balaban J connectivity index is 2.01. The van der Waals surface area contributed by atoms with E-state index in [1.165, 1.54) is 0 Å². The zero-order chi connectivity index (χ0) is 14.7. The van der Waals surface area contributed by atoms with Crippen molar-refractivity contribution in [3.05, 3.63) is 65.1 Å². The molecule has 0 aliphatic carbocycles. The third-order valence-electron chi connectivity index (χ3n) is 3.07. The van der Waals surface area contributed by atoms with Crippen molar-refractivity contribution < 1.29 is 4.79 Å². The minimum atomic E-state index is 0.315. The lowest BCUT2D eigenvalue weighted by atomic mass is 10.1. The van der Waals surface area contributed by atoms with Crippen molar-refractivity contribution in [2.75, 3.05) is 0 Å². The number of benzene rings is 1. The molecule has 0 radical (unpaired) electrons. The van der Waals surface area contributed by atoms with Crippen LogP contribution in [0.1, 0.15) is 16.1 Å². The summed E-state index contributed by atoms with van der Waals surface area (Å²) >= 11 is 5.88. The third kappa shape index (κ3) is 2.83. The van der Waals surface area contributed by atoms with E-state index in [4.69, 9.17) is 11.6 Å². The van der Waals surface area contributed by atoms with Crippen LogP contribution in [0.4, 0.5) is 0 Å². The van der Waals surface area contributed by atoms with Gasteiger partial charge in [-0.15, -0.1) is 5.10 Å². The third-order valence-corrected chi connectivity index (χ3v) is 3.32. The highest BCUT2D eigenvalue weighted by atomic mass is 35.5. The van der Waals surface area contributed by atoms with Crippen molar-refractivity contribution in [1.29, 1.82) is 0 Å². The van der Waals surface area contributed by atoms with E-state index in [9.17, 15) is 4.79 Å². The second-order valence-electron chi connectivity index (χ2n) is 4.46. The molecule has 21 heavy (non-hydrogen) atoms. The minimum absolute atomic E-state index is 0.315. The van der Waals surface area contributed by atoms with Gasteiger partial charge in [-0.1, -0.05) is 28.9 Å². The number of hydrogen-bond acceptors (Lipinski definition) is 4. The maximum atomic E-state index is 11.2. The first-order valence-corrected chi connectivity index (χ1v) is 6.69. The van der Waals surface area contributed by atoms with Crippen LogP contribution in [0.2, 0.25) is 5.02 Å². The first-order valence-electron chi connectivity index (χ1n) is 6.31. The number of aromatic nitrogens is 4. The Morgan fingerprint density at radius 1 is 1.10 bits per heavy atom. The van der Waals surface area contributed by atoms with Gasteiger partial charge in [0.2, 0.25) is 0 Å². The molecule has 3 rings (SSSR count). The lowest BCUT2D eigenvalue weighted by molar-refractivity contribution is 0.111. The SMILES string of the molecule is O=Cc1nnn(Cc2ccc(Cl)cc2)c1-c1ccncc1. The van der Waals surface area contributed by atoms with Crippen molar-refractivity contribution in [2.24, 2.45) is 0 Å². The summed E-state index contributed by atoms with van der Waals surface area (Å²) in [6.45, 7) is 0.510. The molecule has 0 fully saturated rings. The monoisotopic (exact) mass is 298 g/mol. The fourth-order valence-electron chi connectivity index (χ4n) is 2.09. The summed E-state index contributed by atoms with van der Waals surface area (Å²) in [5.41, 5.74) is 2.88. The number of carbonyl (C=O) groups is 1. The number of aldehydes is 1. The van der Waals surface area contributed by atoms with Crippen LogP contribution >= 0.6 is 11.6 Å². The van der Waals surface area contributed by atoms with Gasteiger partial charge in [-0.3, -0.25) is 9.78 Å². The summed E-state index contributed by atoms with van der Waals surface area (Å²) in [5, 5.41) is 8.67. The van der Waals surface area contributed by atoms with Gasteiger partial charge in [0.05, 0.1) is 12.2 Å². The van der Waals surface area contributed by atoms with E-state index in [2.05, 4.69) is 15.3 Å². The second-order valence-corrected chi connectivity index (χ2v) is 4.90. The molecule has 0 atom stereocenters. The molecule has 0 aliphatic heterocycles. The average Bonchev–Trinajstić information content (AvgIpc) is 2.93. The Kier molecular flexibility index (Phi) is 3.75. The molecule has 0 saturated carbocycles. The standard InChI is InChI=1S/C15H11ClN4O/c16-13-3-1-11(2-4-13)9-20-15(14(10-21)18-19-20)12-5-7-17-8-6-12/h1-8,10H,9H2. The van der Waals surface area contributed by atoms with Gasteiger partial charge >= 0.3 is 0 Å². The zero-order valence-corrected chi connectivity index (χ0v) is 11.7. The summed E-state index contributed by atoms with van der Waals surface area (Å²) in [6, 6.07) is 11.1. The maximum Gasteiger partial charge on any atom is 0.172 e. The molecule has 6 heteroatoms. The Labute approximate surface area is 126 Å². The molecular weight excluding hydrogens is 288 g/mol. The van der Waals surface area contributed by atoms with Gasteiger partial charge in [-0.25, -0.2) is 4.68 Å². The highest BCUT2D eigenvalue weighted by Crippen LogP contribution is 2.21. The summed E-state index contributed by atoms with van der Waals surface area (Å²) in [4.78, 5) is 15.1. The minimum Gasteiger partial charge on any atom is -0.296 e. The summed E-state index contributed by atoms with van der Waals surface area (Å²) < 4.78 is 1.70. The predicted octanol–water partition coefficient (Wildman–Crippen LogP) is 2.85. The van der Waals surface area contributed by atoms with Gasteiger partial charge in [0.25, 0.3) is 0 Å². The normalized spacial score (nSPS) is 10.5. The topological polar surface area (TPSA) is 60.7 Å². The van der Waals surface area contributed by atoms with E-state index >= 15 is 0 Å². The molecule has 0 aliphatic rings. The quantitative estimate of drug-likeness (QED) is 0.695. The molecule has 2 heterocycles. The lowest BCUT2D eigenvalue weighted by Crippen LogP contribution is -2.04. The number of halogens is 1. The van der Waals surface area contributed by atoms with Crippen molar-refractivity contribution in [3.63, 3.8) is 0 Å². The molecule has 0 N–H and O–H groups in total. The second kappa shape index (κ2) is 5.85. The molecule has 5 nitrogen and oxygen atoms in total. The van der Waals surface area contributed by atoms with Gasteiger partial charge in [-0.2, -0.15) is 0 Å². The largest absolute Gasteiger partial charge is 0.296 e. The smallest absolute Gasteiger partial charge is 0.172 e. The van der Waals surface area contributed by atoms with E-state index in [1.807, 2.05) is 36.4 Å². The fraction of sp³-hybridized carbons (Fsp3) is 0.0667. The van der Waals surface area contributed by atoms with Crippen LogP contribution in [0.15, 0.2) is 48.8 Å². The average molecular weight is 299 g/mol. The van der Waals surface area contributed by atoms with Gasteiger partial charge in [0.15, 0.2) is 12.0 Å². The number of pyridine rings is 1. The molecule has 2 aromatic heterocycles. The van der Waals surface area contributed by atoms with Gasteiger partial charge < -0.3 is 0 Å². The zero-order valence-electron chi connectivity index (χ0n) is 11.0. The van der Waals surface area contributed by atoms with E-state index in [1.54, 1.807) is 17.1 Å². The molecule has 0 saturated heterocycles. The van der Waals surface area contributed by atoms with E-state index in [-0.39, 0.29) is 0 Å². The molecule has 104 valence electrons. The fourth-order valence-corrected chi connectivity index (χ4v) is 2.21. The summed E-state index contributed by atoms with van der Waals surface area (Å²) in [7, 11) is 0. The van der Waals surface area contributed by atoms with Crippen LogP contribution in [-0.4, -0.2) is 26.3 Å². The van der Waals surface area contributed by atoms with Crippen molar-refractivity contribution in [2.45, 2.75) is 6.54 Å². The van der Waals surface area contributed by atoms with Crippen LogP contribution in [0.5, 0.6) is 0 Å². The van der Waals surface area contributed by atoms with Crippen LogP contribution in [0.3, 0.4) is 0 Å². The Bertz CT molecular complexity index is 753. The molecule has 0 amide bonds. The molecule has 0 spiro atoms. The molecule has 0 unspecified atom stereocenters.